The molecular formula is C16H16ClNO2. The van der Waals surface area contributed by atoms with Crippen molar-refractivity contribution in [3.05, 3.63) is 58.4 Å². The maximum Gasteiger partial charge on any atom is 0.120 e. The zero-order chi connectivity index (χ0) is 13.9. The summed E-state index contributed by atoms with van der Waals surface area (Å²) in [6.45, 7) is 0.399. The summed E-state index contributed by atoms with van der Waals surface area (Å²) in [5.74, 6) is 0.762. The van der Waals surface area contributed by atoms with Crippen molar-refractivity contribution in [3.8, 4) is 5.75 Å². The zero-order valence-electron chi connectivity index (χ0n) is 11.1. The molecule has 0 aliphatic heterocycles. The van der Waals surface area contributed by atoms with Crippen LogP contribution in [-0.2, 0) is 13.0 Å². The molecule has 3 nitrogen and oxygen atoms in total. The first-order chi connectivity index (χ1) is 9.74. The van der Waals surface area contributed by atoms with Gasteiger partial charge < -0.3 is 9.84 Å². The van der Waals surface area contributed by atoms with Crippen molar-refractivity contribution in [2.45, 2.75) is 32.0 Å². The lowest BCUT2D eigenvalue weighted by Gasteiger charge is -2.22. The maximum absolute atomic E-state index is 10.0. The van der Waals surface area contributed by atoms with E-state index in [1.54, 1.807) is 12.4 Å². The van der Waals surface area contributed by atoms with Crippen LogP contribution >= 0.6 is 11.6 Å². The van der Waals surface area contributed by atoms with Crippen LogP contribution in [0.5, 0.6) is 5.75 Å². The van der Waals surface area contributed by atoms with E-state index in [1.165, 1.54) is 5.56 Å². The summed E-state index contributed by atoms with van der Waals surface area (Å²) in [5, 5.41) is 10.6. The van der Waals surface area contributed by atoms with E-state index in [0.29, 0.717) is 11.6 Å². The molecule has 1 atom stereocenters. The van der Waals surface area contributed by atoms with Gasteiger partial charge in [-0.3, -0.25) is 4.98 Å². The molecule has 3 rings (SSSR count). The number of benzene rings is 1. The van der Waals surface area contributed by atoms with Crippen molar-refractivity contribution in [1.29, 1.82) is 0 Å². The Balaban J connectivity index is 1.75. The lowest BCUT2D eigenvalue weighted by atomic mass is 9.89. The van der Waals surface area contributed by atoms with Crippen LogP contribution in [0.1, 0.15) is 35.6 Å². The SMILES string of the molecule is O[C@H]1CCCc2ccc(OCc3ccncc3Cl)cc21. The fourth-order valence-corrected chi connectivity index (χ4v) is 2.70. The Morgan fingerprint density at radius 3 is 3.10 bits per heavy atom. The van der Waals surface area contributed by atoms with Gasteiger partial charge in [-0.1, -0.05) is 17.7 Å². The van der Waals surface area contributed by atoms with E-state index < -0.39 is 0 Å². The number of nitrogens with zero attached hydrogens (tertiary/aromatic N) is 1. The average molecular weight is 290 g/mol. The van der Waals surface area contributed by atoms with Gasteiger partial charge in [0.25, 0.3) is 0 Å². The van der Waals surface area contributed by atoms with E-state index in [4.69, 9.17) is 16.3 Å². The minimum Gasteiger partial charge on any atom is -0.489 e. The number of ether oxygens (including phenoxy) is 1. The second-order valence-corrected chi connectivity index (χ2v) is 5.43. The number of fused-ring (bicyclic) bond motifs is 1. The van der Waals surface area contributed by atoms with Crippen molar-refractivity contribution >= 4 is 11.6 Å². The van der Waals surface area contributed by atoms with Crippen LogP contribution in [0.25, 0.3) is 0 Å². The Morgan fingerprint density at radius 2 is 2.25 bits per heavy atom. The molecular weight excluding hydrogens is 274 g/mol. The normalized spacial score (nSPS) is 17.6. The fraction of sp³-hybridized carbons (Fsp3) is 0.312. The summed E-state index contributed by atoms with van der Waals surface area (Å²) < 4.78 is 5.76. The molecule has 0 fully saturated rings. The van der Waals surface area contributed by atoms with E-state index in [-0.39, 0.29) is 6.10 Å². The van der Waals surface area contributed by atoms with Crippen LogP contribution in [0.2, 0.25) is 5.02 Å². The van der Waals surface area contributed by atoms with Gasteiger partial charge in [-0.05, 0) is 48.6 Å². The fourth-order valence-electron chi connectivity index (χ4n) is 2.52. The molecule has 4 heteroatoms. The van der Waals surface area contributed by atoms with Gasteiger partial charge in [-0.2, -0.15) is 0 Å². The summed E-state index contributed by atoms with van der Waals surface area (Å²) in [6.07, 6.45) is 5.83. The number of aryl methyl sites for hydroxylation is 1. The topological polar surface area (TPSA) is 42.4 Å². The Morgan fingerprint density at radius 1 is 1.35 bits per heavy atom. The molecule has 1 aromatic carbocycles. The highest BCUT2D eigenvalue weighted by Crippen LogP contribution is 2.32. The predicted molar refractivity (Wildman–Crippen MR) is 77.9 cm³/mol. The lowest BCUT2D eigenvalue weighted by Crippen LogP contribution is -2.09. The van der Waals surface area contributed by atoms with Gasteiger partial charge in [0.1, 0.15) is 12.4 Å². The zero-order valence-corrected chi connectivity index (χ0v) is 11.8. The third-order valence-electron chi connectivity index (χ3n) is 3.65. The molecule has 1 aliphatic rings. The molecule has 1 aliphatic carbocycles. The summed E-state index contributed by atoms with van der Waals surface area (Å²) in [4.78, 5) is 3.95. The van der Waals surface area contributed by atoms with Crippen molar-refractivity contribution < 1.29 is 9.84 Å². The molecule has 0 saturated carbocycles. The van der Waals surface area contributed by atoms with E-state index in [1.807, 2.05) is 24.3 Å². The summed E-state index contributed by atoms with van der Waals surface area (Å²) in [6, 6.07) is 7.77. The second kappa shape index (κ2) is 5.81. The highest BCUT2D eigenvalue weighted by atomic mass is 35.5. The van der Waals surface area contributed by atoms with E-state index in [9.17, 15) is 5.11 Å². The van der Waals surface area contributed by atoms with Gasteiger partial charge in [0.05, 0.1) is 11.1 Å². The van der Waals surface area contributed by atoms with Crippen LogP contribution in [0.4, 0.5) is 0 Å². The predicted octanol–water partition coefficient (Wildman–Crippen LogP) is 3.68. The Kier molecular flexibility index (Phi) is 3.90. The number of halogens is 1. The van der Waals surface area contributed by atoms with Gasteiger partial charge in [-0.25, -0.2) is 0 Å². The third kappa shape index (κ3) is 2.79. The molecule has 1 aromatic heterocycles. The summed E-state index contributed by atoms with van der Waals surface area (Å²) in [5.41, 5.74) is 3.12. The van der Waals surface area contributed by atoms with Gasteiger partial charge in [0.15, 0.2) is 0 Å². The average Bonchev–Trinajstić information content (AvgIpc) is 2.47. The van der Waals surface area contributed by atoms with E-state index in [2.05, 4.69) is 4.98 Å². The largest absolute Gasteiger partial charge is 0.489 e. The first kappa shape index (κ1) is 13.4. The number of aromatic nitrogens is 1. The number of aliphatic hydroxyl groups is 1. The molecule has 0 saturated heterocycles. The first-order valence-corrected chi connectivity index (χ1v) is 7.14. The maximum atomic E-state index is 10.0. The van der Waals surface area contributed by atoms with Gasteiger partial charge in [0, 0.05) is 18.0 Å². The van der Waals surface area contributed by atoms with Crippen LogP contribution in [0.3, 0.4) is 0 Å². The number of rotatable bonds is 3. The molecule has 0 radical (unpaired) electrons. The molecule has 104 valence electrons. The van der Waals surface area contributed by atoms with Crippen LogP contribution in [0.15, 0.2) is 36.7 Å². The number of aliphatic hydroxyl groups excluding tert-OH is 1. The molecule has 0 bridgehead atoms. The second-order valence-electron chi connectivity index (χ2n) is 5.02. The van der Waals surface area contributed by atoms with Gasteiger partial charge in [0.2, 0.25) is 0 Å². The molecule has 1 N–H and O–H groups in total. The van der Waals surface area contributed by atoms with Crippen LogP contribution in [-0.4, -0.2) is 10.1 Å². The van der Waals surface area contributed by atoms with Crippen molar-refractivity contribution in [2.75, 3.05) is 0 Å². The molecule has 0 unspecified atom stereocenters. The molecule has 0 spiro atoms. The van der Waals surface area contributed by atoms with Crippen molar-refractivity contribution in [3.63, 3.8) is 0 Å². The molecule has 2 aromatic rings. The highest BCUT2D eigenvalue weighted by Gasteiger charge is 2.18. The van der Waals surface area contributed by atoms with Crippen molar-refractivity contribution in [1.82, 2.24) is 4.98 Å². The van der Waals surface area contributed by atoms with Crippen LogP contribution < -0.4 is 4.74 Å². The van der Waals surface area contributed by atoms with Crippen molar-refractivity contribution in [2.24, 2.45) is 0 Å². The van der Waals surface area contributed by atoms with Crippen LogP contribution in [0, 0.1) is 0 Å². The Hall–Kier alpha value is -1.58. The standard InChI is InChI=1S/C16H16ClNO2/c17-15-9-18-7-6-12(15)10-20-13-5-4-11-2-1-3-16(19)14(11)8-13/h4-9,16,19H,1-3,10H2/t16-/m0/s1. The highest BCUT2D eigenvalue weighted by molar-refractivity contribution is 6.31. The van der Waals surface area contributed by atoms with E-state index >= 15 is 0 Å². The number of hydrogen-bond acceptors (Lipinski definition) is 3. The Bertz CT molecular complexity index is 615. The van der Waals surface area contributed by atoms with Gasteiger partial charge >= 0.3 is 0 Å². The lowest BCUT2D eigenvalue weighted by molar-refractivity contribution is 0.156. The number of pyridine rings is 1. The van der Waals surface area contributed by atoms with E-state index in [0.717, 1.165) is 36.1 Å². The van der Waals surface area contributed by atoms with Gasteiger partial charge in [-0.15, -0.1) is 0 Å². The third-order valence-corrected chi connectivity index (χ3v) is 3.99. The first-order valence-electron chi connectivity index (χ1n) is 6.76. The quantitative estimate of drug-likeness (QED) is 0.937. The number of hydrogen-bond donors (Lipinski definition) is 1. The monoisotopic (exact) mass is 289 g/mol. The minimum absolute atomic E-state index is 0.369. The summed E-state index contributed by atoms with van der Waals surface area (Å²) >= 11 is 6.05. The smallest absolute Gasteiger partial charge is 0.120 e. The molecule has 20 heavy (non-hydrogen) atoms. The molecule has 1 heterocycles. The molecule has 0 amide bonds. The summed E-state index contributed by atoms with van der Waals surface area (Å²) in [7, 11) is 0. The Labute approximate surface area is 123 Å². The minimum atomic E-state index is -0.369.